The second-order valence-electron chi connectivity index (χ2n) is 9.37. The van der Waals surface area contributed by atoms with Gasteiger partial charge in [0, 0.05) is 23.7 Å². The van der Waals surface area contributed by atoms with Crippen LogP contribution in [0.4, 0.5) is 4.39 Å². The van der Waals surface area contributed by atoms with Gasteiger partial charge in [-0.05, 0) is 62.7 Å². The van der Waals surface area contributed by atoms with E-state index in [1.165, 1.54) is 16.6 Å². The average Bonchev–Trinajstić information content (AvgIpc) is 3.45. The highest BCUT2D eigenvalue weighted by atomic mass is 19.1. The van der Waals surface area contributed by atoms with Crippen LogP contribution in [0.15, 0.2) is 54.9 Å². The number of hydrogen-bond acceptors (Lipinski definition) is 7. The van der Waals surface area contributed by atoms with Crippen molar-refractivity contribution in [3.63, 3.8) is 0 Å². The van der Waals surface area contributed by atoms with E-state index in [0.717, 1.165) is 0 Å². The highest BCUT2D eigenvalue weighted by Gasteiger charge is 2.45. The first-order valence-electron chi connectivity index (χ1n) is 11.4. The number of pyridine rings is 1. The van der Waals surface area contributed by atoms with Gasteiger partial charge in [-0.1, -0.05) is 0 Å². The first-order valence-corrected chi connectivity index (χ1v) is 11.4. The van der Waals surface area contributed by atoms with E-state index >= 15 is 0 Å². The van der Waals surface area contributed by atoms with E-state index in [4.69, 9.17) is 10.5 Å². The van der Waals surface area contributed by atoms with Crippen LogP contribution in [0.2, 0.25) is 0 Å². The lowest BCUT2D eigenvalue weighted by Gasteiger charge is -2.25. The maximum atomic E-state index is 13.6. The molecule has 0 spiro atoms. The van der Waals surface area contributed by atoms with Crippen molar-refractivity contribution >= 4 is 17.3 Å². The molecule has 1 aliphatic rings. The molecule has 0 fully saturated rings. The van der Waals surface area contributed by atoms with Crippen molar-refractivity contribution in [2.24, 2.45) is 5.73 Å². The van der Waals surface area contributed by atoms with Crippen LogP contribution in [0.3, 0.4) is 0 Å². The Morgan fingerprint density at radius 1 is 1.25 bits per heavy atom. The van der Waals surface area contributed by atoms with Crippen LogP contribution >= 0.6 is 0 Å². The van der Waals surface area contributed by atoms with Gasteiger partial charge in [-0.2, -0.15) is 5.10 Å². The van der Waals surface area contributed by atoms with Crippen molar-refractivity contribution in [1.29, 1.82) is 0 Å². The number of Topliss-reactive ketones (excluding diaryl/α,β-unsaturated/α-hetero) is 1. The number of aliphatic hydroxyl groups is 1. The van der Waals surface area contributed by atoms with Gasteiger partial charge in [0.15, 0.2) is 11.4 Å². The monoisotopic (exact) mass is 489 g/mol. The molecule has 1 amide bonds. The average molecular weight is 490 g/mol. The Hall–Kier alpha value is -4.18. The topological polar surface area (TPSA) is 133 Å². The number of primary amides is 1. The zero-order valence-electron chi connectivity index (χ0n) is 19.7. The van der Waals surface area contributed by atoms with Crippen molar-refractivity contribution in [3.8, 4) is 17.0 Å². The van der Waals surface area contributed by atoms with E-state index in [2.05, 4.69) is 15.1 Å². The number of aromatic nitrogens is 4. The number of amides is 1. The van der Waals surface area contributed by atoms with Crippen LogP contribution < -0.4 is 10.5 Å². The molecule has 0 saturated carbocycles. The molecule has 2 atom stereocenters. The Labute approximate surface area is 205 Å². The standard InChI is InChI=1S/C26H24FN5O4/c1-25(24(28)34)14-36-23-17(25)12-20(31-22(23)15-5-7-16(27)8-6-15)26(2,35)10-9-19(33)18-13-32-21(30-18)4-3-11-29-32/h3-8,11-13,35H,9-10,14H2,1-2H3,(H2,28,34)/t25-,26-/m0/s1. The van der Waals surface area contributed by atoms with Gasteiger partial charge in [-0.25, -0.2) is 18.9 Å². The lowest BCUT2D eigenvalue weighted by Crippen LogP contribution is -2.40. The van der Waals surface area contributed by atoms with Crippen molar-refractivity contribution < 1.29 is 23.8 Å². The summed E-state index contributed by atoms with van der Waals surface area (Å²) in [6.45, 7) is 3.22. The van der Waals surface area contributed by atoms with Crippen molar-refractivity contribution in [2.45, 2.75) is 37.7 Å². The van der Waals surface area contributed by atoms with E-state index in [0.29, 0.717) is 28.2 Å². The number of benzene rings is 1. The van der Waals surface area contributed by atoms with Crippen molar-refractivity contribution in [3.05, 3.63) is 77.6 Å². The van der Waals surface area contributed by atoms with Crippen molar-refractivity contribution in [1.82, 2.24) is 19.6 Å². The number of carbonyl (C=O) groups excluding carboxylic acids is 2. The molecule has 0 bridgehead atoms. The van der Waals surface area contributed by atoms with Crippen LogP contribution in [0, 0.1) is 5.82 Å². The third-order valence-corrected chi connectivity index (χ3v) is 6.65. The Kier molecular flexibility index (Phi) is 5.55. The molecule has 36 heavy (non-hydrogen) atoms. The first-order chi connectivity index (χ1) is 17.1. The summed E-state index contributed by atoms with van der Waals surface area (Å²) in [5.74, 6) is -0.900. The Balaban J connectivity index is 1.50. The molecule has 10 heteroatoms. The molecule has 0 saturated heterocycles. The minimum atomic E-state index is -1.54. The summed E-state index contributed by atoms with van der Waals surface area (Å²) in [5.41, 5.74) is 5.42. The lowest BCUT2D eigenvalue weighted by molar-refractivity contribution is -0.123. The summed E-state index contributed by atoms with van der Waals surface area (Å²) in [6.07, 6.45) is 3.17. The molecule has 0 radical (unpaired) electrons. The quantitative estimate of drug-likeness (QED) is 0.381. The molecular formula is C26H24FN5O4. The van der Waals surface area contributed by atoms with Crippen molar-refractivity contribution in [2.75, 3.05) is 6.61 Å². The molecule has 0 unspecified atom stereocenters. The van der Waals surface area contributed by atoms with Gasteiger partial charge in [0.2, 0.25) is 5.91 Å². The van der Waals surface area contributed by atoms with Crippen LogP contribution in [0.25, 0.3) is 16.9 Å². The number of ether oxygens (including phenoxy) is 1. The molecule has 184 valence electrons. The molecule has 4 heterocycles. The van der Waals surface area contributed by atoms with Gasteiger partial charge in [0.25, 0.3) is 0 Å². The Bertz CT molecular complexity index is 1470. The fourth-order valence-electron chi connectivity index (χ4n) is 4.25. The maximum absolute atomic E-state index is 13.6. The summed E-state index contributed by atoms with van der Waals surface area (Å²) in [4.78, 5) is 34.1. The smallest absolute Gasteiger partial charge is 0.231 e. The van der Waals surface area contributed by atoms with Gasteiger partial charge in [-0.15, -0.1) is 0 Å². The summed E-state index contributed by atoms with van der Waals surface area (Å²) >= 11 is 0. The molecule has 3 N–H and O–H groups in total. The van der Waals surface area contributed by atoms with Gasteiger partial charge < -0.3 is 15.6 Å². The Morgan fingerprint density at radius 3 is 2.69 bits per heavy atom. The van der Waals surface area contributed by atoms with Crippen LogP contribution in [0.1, 0.15) is 48.4 Å². The fourth-order valence-corrected chi connectivity index (χ4v) is 4.25. The minimum absolute atomic E-state index is 0.00881. The summed E-state index contributed by atoms with van der Waals surface area (Å²) in [5, 5.41) is 15.5. The van der Waals surface area contributed by atoms with Crippen LogP contribution in [-0.4, -0.2) is 43.0 Å². The minimum Gasteiger partial charge on any atom is -0.489 e. The molecule has 1 aliphatic heterocycles. The number of rotatable bonds is 7. The molecule has 1 aromatic carbocycles. The number of hydrogen-bond donors (Lipinski definition) is 2. The normalized spacial score (nSPS) is 18.4. The molecule has 5 rings (SSSR count). The molecular weight excluding hydrogens is 465 g/mol. The number of nitrogens with two attached hydrogens (primary N) is 1. The predicted molar refractivity (Wildman–Crippen MR) is 128 cm³/mol. The number of fused-ring (bicyclic) bond motifs is 2. The Morgan fingerprint density at radius 2 is 2.00 bits per heavy atom. The number of carbonyl (C=O) groups is 2. The predicted octanol–water partition coefficient (Wildman–Crippen LogP) is 2.94. The summed E-state index contributed by atoms with van der Waals surface area (Å²) < 4.78 is 20.9. The largest absolute Gasteiger partial charge is 0.489 e. The second-order valence-corrected chi connectivity index (χ2v) is 9.37. The van der Waals surface area contributed by atoms with Gasteiger partial charge in [0.1, 0.15) is 40.6 Å². The van der Waals surface area contributed by atoms with Gasteiger partial charge >= 0.3 is 0 Å². The number of ketones is 1. The molecule has 4 aromatic rings. The van der Waals surface area contributed by atoms with E-state index in [1.54, 1.807) is 56.6 Å². The van der Waals surface area contributed by atoms with E-state index in [1.807, 2.05) is 0 Å². The maximum Gasteiger partial charge on any atom is 0.231 e. The molecule has 0 aliphatic carbocycles. The van der Waals surface area contributed by atoms with Crippen LogP contribution in [0.5, 0.6) is 5.75 Å². The van der Waals surface area contributed by atoms with Gasteiger partial charge in [0.05, 0.1) is 11.9 Å². The summed E-state index contributed by atoms with van der Waals surface area (Å²) in [6, 6.07) is 10.7. The summed E-state index contributed by atoms with van der Waals surface area (Å²) in [7, 11) is 0. The lowest BCUT2D eigenvalue weighted by atomic mass is 9.81. The third-order valence-electron chi connectivity index (χ3n) is 6.65. The molecule has 3 aromatic heterocycles. The first kappa shape index (κ1) is 23.6. The zero-order chi connectivity index (χ0) is 25.7. The number of nitrogens with zero attached hydrogens (tertiary/aromatic N) is 4. The fraction of sp³-hybridized carbons (Fsp3) is 0.269. The number of imidazole rings is 1. The van der Waals surface area contributed by atoms with E-state index < -0.39 is 22.7 Å². The van der Waals surface area contributed by atoms with E-state index in [-0.39, 0.29) is 36.6 Å². The molecule has 9 nitrogen and oxygen atoms in total. The third kappa shape index (κ3) is 3.99. The SMILES string of the molecule is C[C@](O)(CCC(=O)c1cn2ncccc2n1)c1cc2c(c(-c3ccc(F)cc3)n1)OC[C@]2(C)C(N)=O. The highest BCUT2D eigenvalue weighted by molar-refractivity contribution is 5.94. The second kappa shape index (κ2) is 8.49. The zero-order valence-corrected chi connectivity index (χ0v) is 19.7. The van der Waals surface area contributed by atoms with Crippen LogP contribution in [-0.2, 0) is 15.8 Å². The van der Waals surface area contributed by atoms with Gasteiger partial charge in [-0.3, -0.25) is 9.59 Å². The highest BCUT2D eigenvalue weighted by Crippen LogP contribution is 2.45. The number of halogens is 1. The van der Waals surface area contributed by atoms with E-state index in [9.17, 15) is 19.1 Å².